The Kier molecular flexibility index (Phi) is 5.60. The van der Waals surface area contributed by atoms with Gasteiger partial charge in [-0.3, -0.25) is 4.79 Å². The highest BCUT2D eigenvalue weighted by Crippen LogP contribution is 2.40. The standard InChI is InChI=1S/C21H20ClNO3S/c22-17-4-2-1-3-15(17)6-8-21(24)23-10-9-20(27-12-11-23)16-5-7-18-19(13-16)26-14-25-18/h1-8,13,20H,9-12,14H2/b8-6+/t20-/m1/s1. The van der Waals surface area contributed by atoms with E-state index in [0.29, 0.717) is 10.3 Å². The molecule has 0 aromatic heterocycles. The smallest absolute Gasteiger partial charge is 0.246 e. The topological polar surface area (TPSA) is 38.8 Å². The maximum atomic E-state index is 12.6. The molecule has 1 atom stereocenters. The first-order chi connectivity index (χ1) is 13.2. The molecule has 2 aromatic carbocycles. The van der Waals surface area contributed by atoms with Gasteiger partial charge in [0.25, 0.3) is 0 Å². The number of carbonyl (C=O) groups excluding carboxylic acids is 1. The number of amides is 1. The van der Waals surface area contributed by atoms with E-state index in [1.54, 1.807) is 12.2 Å². The van der Waals surface area contributed by atoms with Crippen molar-refractivity contribution in [3.05, 3.63) is 64.7 Å². The summed E-state index contributed by atoms with van der Waals surface area (Å²) in [6, 6.07) is 13.6. The van der Waals surface area contributed by atoms with Crippen molar-refractivity contribution >= 4 is 35.3 Å². The molecule has 0 N–H and O–H groups in total. The predicted molar refractivity (Wildman–Crippen MR) is 109 cm³/mol. The van der Waals surface area contributed by atoms with Gasteiger partial charge >= 0.3 is 0 Å². The third-order valence-corrected chi connectivity index (χ3v) is 6.40. The summed E-state index contributed by atoms with van der Waals surface area (Å²) in [5.41, 5.74) is 2.08. The molecular weight excluding hydrogens is 382 g/mol. The van der Waals surface area contributed by atoms with Crippen LogP contribution in [-0.4, -0.2) is 36.4 Å². The summed E-state index contributed by atoms with van der Waals surface area (Å²) < 4.78 is 10.9. The fourth-order valence-corrected chi connectivity index (χ4v) is 4.67. The lowest BCUT2D eigenvalue weighted by Gasteiger charge is -2.18. The summed E-state index contributed by atoms with van der Waals surface area (Å²) in [6.45, 7) is 1.77. The van der Waals surface area contributed by atoms with Crippen LogP contribution in [0.25, 0.3) is 6.08 Å². The average molecular weight is 402 g/mol. The molecule has 0 spiro atoms. The Bertz CT molecular complexity index is 870. The third kappa shape index (κ3) is 4.25. The molecule has 27 heavy (non-hydrogen) atoms. The minimum Gasteiger partial charge on any atom is -0.454 e. The molecule has 0 aliphatic carbocycles. The van der Waals surface area contributed by atoms with Gasteiger partial charge in [-0.1, -0.05) is 35.9 Å². The molecule has 0 bridgehead atoms. The molecule has 0 saturated carbocycles. The maximum Gasteiger partial charge on any atom is 0.246 e. The summed E-state index contributed by atoms with van der Waals surface area (Å²) in [5, 5.41) is 1.00. The van der Waals surface area contributed by atoms with Crippen LogP contribution in [0.4, 0.5) is 0 Å². The fourth-order valence-electron chi connectivity index (χ4n) is 3.25. The Morgan fingerprint density at radius 2 is 2.00 bits per heavy atom. The number of ether oxygens (including phenoxy) is 2. The van der Waals surface area contributed by atoms with Gasteiger partial charge in [0.1, 0.15) is 0 Å². The molecule has 4 rings (SSSR count). The van der Waals surface area contributed by atoms with Crippen LogP contribution in [0.3, 0.4) is 0 Å². The number of halogens is 1. The number of hydrogen-bond donors (Lipinski definition) is 0. The van der Waals surface area contributed by atoms with E-state index in [0.717, 1.165) is 42.3 Å². The average Bonchev–Trinajstić information content (AvgIpc) is 3.01. The Balaban J connectivity index is 1.39. The van der Waals surface area contributed by atoms with Crippen molar-refractivity contribution in [3.8, 4) is 11.5 Å². The quantitative estimate of drug-likeness (QED) is 0.693. The van der Waals surface area contributed by atoms with Crippen LogP contribution in [0.15, 0.2) is 48.5 Å². The lowest BCUT2D eigenvalue weighted by molar-refractivity contribution is -0.125. The van der Waals surface area contributed by atoms with Crippen molar-refractivity contribution in [1.82, 2.24) is 4.90 Å². The molecule has 2 aliphatic rings. The van der Waals surface area contributed by atoms with Crippen molar-refractivity contribution in [2.45, 2.75) is 11.7 Å². The molecule has 0 unspecified atom stereocenters. The second-order valence-corrected chi connectivity index (χ2v) is 8.16. The number of fused-ring (bicyclic) bond motifs is 1. The Labute approximate surface area is 168 Å². The fraction of sp³-hybridized carbons (Fsp3) is 0.286. The van der Waals surface area contributed by atoms with Gasteiger partial charge in [0, 0.05) is 35.2 Å². The third-order valence-electron chi connectivity index (χ3n) is 4.73. The summed E-state index contributed by atoms with van der Waals surface area (Å²) in [5.74, 6) is 2.55. The number of thioether (sulfide) groups is 1. The molecule has 140 valence electrons. The van der Waals surface area contributed by atoms with E-state index < -0.39 is 0 Å². The van der Waals surface area contributed by atoms with Crippen LogP contribution >= 0.6 is 23.4 Å². The van der Waals surface area contributed by atoms with Crippen LogP contribution in [0.5, 0.6) is 11.5 Å². The largest absolute Gasteiger partial charge is 0.454 e. The number of hydrogen-bond acceptors (Lipinski definition) is 4. The van der Waals surface area contributed by atoms with Gasteiger partial charge in [-0.15, -0.1) is 0 Å². The molecule has 2 heterocycles. The van der Waals surface area contributed by atoms with E-state index in [-0.39, 0.29) is 12.7 Å². The zero-order chi connectivity index (χ0) is 18.6. The Hall–Kier alpha value is -2.11. The van der Waals surface area contributed by atoms with E-state index in [9.17, 15) is 4.79 Å². The van der Waals surface area contributed by atoms with Crippen LogP contribution in [-0.2, 0) is 4.79 Å². The highest BCUT2D eigenvalue weighted by atomic mass is 35.5. The zero-order valence-electron chi connectivity index (χ0n) is 14.8. The second kappa shape index (κ2) is 8.28. The van der Waals surface area contributed by atoms with Crippen molar-refractivity contribution in [2.75, 3.05) is 25.6 Å². The monoisotopic (exact) mass is 401 g/mol. The van der Waals surface area contributed by atoms with Gasteiger partial charge in [0.05, 0.1) is 0 Å². The lowest BCUT2D eigenvalue weighted by Crippen LogP contribution is -2.31. The number of nitrogens with zero attached hydrogens (tertiary/aromatic N) is 1. The van der Waals surface area contributed by atoms with Gasteiger partial charge < -0.3 is 14.4 Å². The van der Waals surface area contributed by atoms with Crippen LogP contribution in [0.1, 0.15) is 22.8 Å². The van der Waals surface area contributed by atoms with E-state index in [1.807, 2.05) is 47.0 Å². The first-order valence-electron chi connectivity index (χ1n) is 8.93. The Morgan fingerprint density at radius 3 is 2.89 bits per heavy atom. The number of carbonyl (C=O) groups is 1. The van der Waals surface area contributed by atoms with E-state index in [2.05, 4.69) is 12.1 Å². The van der Waals surface area contributed by atoms with Gasteiger partial charge in [-0.05, 0) is 41.8 Å². The molecule has 4 nitrogen and oxygen atoms in total. The van der Waals surface area contributed by atoms with E-state index in [4.69, 9.17) is 21.1 Å². The van der Waals surface area contributed by atoms with E-state index in [1.165, 1.54) is 5.56 Å². The van der Waals surface area contributed by atoms with Crippen molar-refractivity contribution < 1.29 is 14.3 Å². The first-order valence-corrected chi connectivity index (χ1v) is 10.4. The molecule has 2 aromatic rings. The van der Waals surface area contributed by atoms with Crippen molar-refractivity contribution in [3.63, 3.8) is 0 Å². The molecule has 1 fully saturated rings. The van der Waals surface area contributed by atoms with Gasteiger partial charge in [-0.25, -0.2) is 0 Å². The molecule has 1 saturated heterocycles. The van der Waals surface area contributed by atoms with Crippen LogP contribution in [0.2, 0.25) is 5.02 Å². The normalized spacial score (nSPS) is 19.3. The van der Waals surface area contributed by atoms with E-state index >= 15 is 0 Å². The predicted octanol–water partition coefficient (Wildman–Crippen LogP) is 4.79. The molecule has 2 aliphatic heterocycles. The Morgan fingerprint density at radius 1 is 1.15 bits per heavy atom. The molecular formula is C21H20ClNO3S. The summed E-state index contributed by atoms with van der Waals surface area (Å²) in [6.07, 6.45) is 4.32. The lowest BCUT2D eigenvalue weighted by atomic mass is 10.1. The van der Waals surface area contributed by atoms with Crippen molar-refractivity contribution in [1.29, 1.82) is 0 Å². The van der Waals surface area contributed by atoms with Crippen LogP contribution < -0.4 is 9.47 Å². The summed E-state index contributed by atoms with van der Waals surface area (Å²) in [4.78, 5) is 14.5. The minimum atomic E-state index is 0.0295. The molecule has 0 radical (unpaired) electrons. The zero-order valence-corrected chi connectivity index (χ0v) is 16.3. The van der Waals surface area contributed by atoms with Gasteiger partial charge in [-0.2, -0.15) is 11.8 Å². The highest BCUT2D eigenvalue weighted by molar-refractivity contribution is 7.99. The maximum absolute atomic E-state index is 12.6. The molecule has 1 amide bonds. The minimum absolute atomic E-state index is 0.0295. The SMILES string of the molecule is O=C(/C=C/c1ccccc1Cl)N1CCS[C@@H](c2ccc3c(c2)OCO3)CC1. The first kappa shape index (κ1) is 18.3. The van der Waals surface area contributed by atoms with Crippen LogP contribution in [0, 0.1) is 0 Å². The second-order valence-electron chi connectivity index (χ2n) is 6.44. The van der Waals surface area contributed by atoms with Gasteiger partial charge in [0.2, 0.25) is 12.7 Å². The van der Waals surface area contributed by atoms with Gasteiger partial charge in [0.15, 0.2) is 11.5 Å². The highest BCUT2D eigenvalue weighted by Gasteiger charge is 2.23. The summed E-state index contributed by atoms with van der Waals surface area (Å²) >= 11 is 8.03. The van der Waals surface area contributed by atoms with Crippen molar-refractivity contribution in [2.24, 2.45) is 0 Å². The number of benzene rings is 2. The number of rotatable bonds is 3. The summed E-state index contributed by atoms with van der Waals surface area (Å²) in [7, 11) is 0. The molecule has 6 heteroatoms.